The molecule has 0 atom stereocenters. The zero-order chi connectivity index (χ0) is 15.9. The quantitative estimate of drug-likeness (QED) is 0.753. The van der Waals surface area contributed by atoms with E-state index >= 15 is 0 Å². The lowest BCUT2D eigenvalue weighted by Crippen LogP contribution is -2.57. The number of rotatable bonds is 7. The molecule has 0 spiro atoms. The van der Waals surface area contributed by atoms with Crippen LogP contribution in [0.5, 0.6) is 0 Å². The van der Waals surface area contributed by atoms with Crippen molar-refractivity contribution in [3.05, 3.63) is 60.7 Å². The normalized spacial score (nSPS) is 11.4. The Bertz CT molecular complexity index is 488. The smallest absolute Gasteiger partial charge is 0.139 e. The van der Waals surface area contributed by atoms with E-state index in [2.05, 4.69) is 91.8 Å². The summed E-state index contributed by atoms with van der Waals surface area (Å²) in [6, 6.07) is 21.7. The number of hydrogen-bond acceptors (Lipinski definition) is 3. The molecule has 0 bridgehead atoms. The Hall–Kier alpha value is -1.84. The molecule has 2 aromatic rings. The van der Waals surface area contributed by atoms with Gasteiger partial charge in [0, 0.05) is 23.5 Å². The monoisotopic (exact) mass is 297 g/mol. The van der Waals surface area contributed by atoms with Crippen LogP contribution in [-0.4, -0.2) is 18.4 Å². The zero-order valence-electron chi connectivity index (χ0n) is 14.0. The Kier molecular flexibility index (Phi) is 5.99. The predicted molar refractivity (Wildman–Crippen MR) is 95.4 cm³/mol. The lowest BCUT2D eigenvalue weighted by atomic mass is 10.2. The van der Waals surface area contributed by atoms with Crippen molar-refractivity contribution in [3.63, 3.8) is 0 Å². The van der Waals surface area contributed by atoms with Crippen molar-refractivity contribution in [3.8, 4) is 0 Å². The van der Waals surface area contributed by atoms with Crippen molar-refractivity contribution in [1.82, 2.24) is 10.6 Å². The summed E-state index contributed by atoms with van der Waals surface area (Å²) in [6.07, 6.45) is 0.0322. The highest BCUT2D eigenvalue weighted by molar-refractivity contribution is 5.63. The van der Waals surface area contributed by atoms with Crippen LogP contribution < -0.4 is 15.5 Å². The summed E-state index contributed by atoms with van der Waals surface area (Å²) >= 11 is 0. The van der Waals surface area contributed by atoms with Gasteiger partial charge in [-0.1, -0.05) is 36.4 Å². The summed E-state index contributed by atoms with van der Waals surface area (Å²) in [5.74, 6) is 0. The van der Waals surface area contributed by atoms with Crippen LogP contribution >= 0.6 is 0 Å². The van der Waals surface area contributed by atoms with E-state index in [1.54, 1.807) is 0 Å². The van der Waals surface area contributed by atoms with Crippen LogP contribution in [0.25, 0.3) is 0 Å². The molecule has 2 aromatic carbocycles. The molecule has 0 heterocycles. The molecule has 0 saturated carbocycles. The third kappa shape index (κ3) is 4.58. The van der Waals surface area contributed by atoms with Crippen LogP contribution in [0.1, 0.15) is 27.7 Å². The third-order valence-electron chi connectivity index (χ3n) is 3.31. The molecule has 0 fully saturated rings. The molecule has 0 radical (unpaired) electrons. The number of nitrogens with one attached hydrogen (secondary N) is 2. The molecule has 3 heteroatoms. The molecule has 0 aliphatic rings. The summed E-state index contributed by atoms with van der Waals surface area (Å²) in [5.41, 5.74) is 2.33. The van der Waals surface area contributed by atoms with E-state index in [1.807, 2.05) is 12.1 Å². The van der Waals surface area contributed by atoms with Gasteiger partial charge < -0.3 is 4.90 Å². The molecule has 0 aromatic heterocycles. The van der Waals surface area contributed by atoms with E-state index in [-0.39, 0.29) is 6.29 Å². The van der Waals surface area contributed by atoms with E-state index < -0.39 is 0 Å². The van der Waals surface area contributed by atoms with Crippen molar-refractivity contribution in [2.24, 2.45) is 0 Å². The highest BCUT2D eigenvalue weighted by atomic mass is 15.4. The van der Waals surface area contributed by atoms with E-state index in [0.717, 1.165) is 0 Å². The van der Waals surface area contributed by atoms with Crippen molar-refractivity contribution in [2.45, 2.75) is 46.1 Å². The molecule has 0 aliphatic heterocycles. The van der Waals surface area contributed by atoms with Gasteiger partial charge in [0.15, 0.2) is 0 Å². The Balaban J connectivity index is 2.41. The van der Waals surface area contributed by atoms with Gasteiger partial charge in [-0.25, -0.2) is 0 Å². The number of nitrogens with zero attached hydrogens (tertiary/aromatic N) is 1. The van der Waals surface area contributed by atoms with Crippen molar-refractivity contribution < 1.29 is 0 Å². The summed E-state index contributed by atoms with van der Waals surface area (Å²) in [6.45, 7) is 8.68. The SMILES string of the molecule is CC(C)NC(NC(C)C)N(c1ccccc1)c1ccccc1. The Morgan fingerprint density at radius 3 is 1.32 bits per heavy atom. The predicted octanol–water partition coefficient (Wildman–Crippen LogP) is 4.10. The average molecular weight is 297 g/mol. The molecule has 0 amide bonds. The fraction of sp³-hybridized carbons (Fsp3) is 0.368. The zero-order valence-corrected chi connectivity index (χ0v) is 14.0. The first-order chi connectivity index (χ1) is 10.6. The van der Waals surface area contributed by atoms with Crippen LogP contribution in [0.2, 0.25) is 0 Å². The maximum absolute atomic E-state index is 3.62. The first kappa shape index (κ1) is 16.5. The van der Waals surface area contributed by atoms with Gasteiger partial charge in [-0.2, -0.15) is 0 Å². The molecule has 22 heavy (non-hydrogen) atoms. The Morgan fingerprint density at radius 2 is 1.00 bits per heavy atom. The first-order valence-electron chi connectivity index (χ1n) is 7.99. The maximum atomic E-state index is 3.62. The Morgan fingerprint density at radius 1 is 0.636 bits per heavy atom. The molecule has 0 unspecified atom stereocenters. The van der Waals surface area contributed by atoms with Gasteiger partial charge in [-0.05, 0) is 52.0 Å². The summed E-state index contributed by atoms with van der Waals surface area (Å²) in [7, 11) is 0. The van der Waals surface area contributed by atoms with Crippen LogP contribution in [0.3, 0.4) is 0 Å². The second kappa shape index (κ2) is 7.97. The van der Waals surface area contributed by atoms with Crippen LogP contribution in [0, 0.1) is 0 Å². The topological polar surface area (TPSA) is 27.3 Å². The lowest BCUT2D eigenvalue weighted by Gasteiger charge is -2.37. The molecule has 2 rings (SSSR count). The second-order valence-electron chi connectivity index (χ2n) is 6.09. The van der Waals surface area contributed by atoms with Gasteiger partial charge in [0.25, 0.3) is 0 Å². The highest BCUT2D eigenvalue weighted by Gasteiger charge is 2.21. The Labute approximate surface area is 134 Å². The number of anilines is 2. The minimum Gasteiger partial charge on any atom is -0.313 e. The number of benzene rings is 2. The first-order valence-corrected chi connectivity index (χ1v) is 7.99. The molecule has 0 aliphatic carbocycles. The van der Waals surface area contributed by atoms with E-state index in [4.69, 9.17) is 0 Å². The number of para-hydroxylation sites is 2. The minimum absolute atomic E-state index is 0.0322. The lowest BCUT2D eigenvalue weighted by molar-refractivity contribution is 0.370. The van der Waals surface area contributed by atoms with Gasteiger partial charge >= 0.3 is 0 Å². The summed E-state index contributed by atoms with van der Waals surface area (Å²) in [4.78, 5) is 2.31. The second-order valence-corrected chi connectivity index (χ2v) is 6.09. The van der Waals surface area contributed by atoms with E-state index in [9.17, 15) is 0 Å². The van der Waals surface area contributed by atoms with Crippen molar-refractivity contribution in [2.75, 3.05) is 4.90 Å². The molecular formula is C19H27N3. The molecule has 2 N–H and O–H groups in total. The van der Waals surface area contributed by atoms with Gasteiger partial charge in [0.2, 0.25) is 0 Å². The highest BCUT2D eigenvalue weighted by Crippen LogP contribution is 2.26. The van der Waals surface area contributed by atoms with Crippen molar-refractivity contribution >= 4 is 11.4 Å². The van der Waals surface area contributed by atoms with Gasteiger partial charge in [-0.15, -0.1) is 0 Å². The standard InChI is InChI=1S/C19H27N3/c1-15(2)20-19(21-16(3)4)22(17-11-7-5-8-12-17)18-13-9-6-10-14-18/h5-16,19-21H,1-4H3. The van der Waals surface area contributed by atoms with Crippen molar-refractivity contribution in [1.29, 1.82) is 0 Å². The average Bonchev–Trinajstić information content (AvgIpc) is 2.48. The molecule has 118 valence electrons. The number of hydrogen-bond donors (Lipinski definition) is 2. The largest absolute Gasteiger partial charge is 0.313 e. The minimum atomic E-state index is 0.0322. The maximum Gasteiger partial charge on any atom is 0.139 e. The molecule has 0 saturated heterocycles. The van der Waals surface area contributed by atoms with Crippen LogP contribution in [-0.2, 0) is 0 Å². The van der Waals surface area contributed by atoms with Gasteiger partial charge in [0.05, 0.1) is 0 Å². The molecular weight excluding hydrogens is 270 g/mol. The summed E-state index contributed by atoms with van der Waals surface area (Å²) in [5, 5.41) is 7.25. The fourth-order valence-electron chi connectivity index (χ4n) is 2.45. The van der Waals surface area contributed by atoms with Gasteiger partial charge in [-0.3, -0.25) is 10.6 Å². The fourth-order valence-corrected chi connectivity index (χ4v) is 2.45. The molecule has 3 nitrogen and oxygen atoms in total. The van der Waals surface area contributed by atoms with Crippen LogP contribution in [0.4, 0.5) is 11.4 Å². The third-order valence-corrected chi connectivity index (χ3v) is 3.31. The van der Waals surface area contributed by atoms with Crippen LogP contribution in [0.15, 0.2) is 60.7 Å². The van der Waals surface area contributed by atoms with Gasteiger partial charge in [0.1, 0.15) is 6.29 Å². The van der Waals surface area contributed by atoms with E-state index in [1.165, 1.54) is 11.4 Å². The summed E-state index contributed by atoms with van der Waals surface area (Å²) < 4.78 is 0. The van der Waals surface area contributed by atoms with E-state index in [0.29, 0.717) is 12.1 Å².